The summed E-state index contributed by atoms with van der Waals surface area (Å²) in [6, 6.07) is 12.8. The molecule has 4 heteroatoms. The lowest BCUT2D eigenvalue weighted by atomic mass is 10.2. The van der Waals surface area contributed by atoms with Crippen LogP contribution in [0.2, 0.25) is 0 Å². The quantitative estimate of drug-likeness (QED) is 0.828. The molecule has 0 N–H and O–H groups in total. The maximum absolute atomic E-state index is 13.0. The molecule has 2 aromatic rings. The lowest BCUT2D eigenvalue weighted by Crippen LogP contribution is -1.86. The van der Waals surface area contributed by atoms with Gasteiger partial charge in [0.05, 0.1) is 11.6 Å². The molecule has 0 saturated heterocycles. The summed E-state index contributed by atoms with van der Waals surface area (Å²) < 4.78 is 19.2. The molecule has 2 aromatic carbocycles. The average molecular weight is 292 g/mol. The molecule has 0 spiro atoms. The number of ether oxygens (including phenoxy) is 1. The first-order chi connectivity index (χ1) is 8.17. The first-order valence-corrected chi connectivity index (χ1v) is 5.61. The van der Waals surface area contributed by atoms with E-state index >= 15 is 0 Å². The van der Waals surface area contributed by atoms with Gasteiger partial charge in [-0.25, -0.2) is 4.39 Å². The second-order valence-electron chi connectivity index (χ2n) is 3.35. The lowest BCUT2D eigenvalue weighted by Gasteiger charge is -2.06. The predicted molar refractivity (Wildman–Crippen MR) is 65.3 cm³/mol. The zero-order valence-corrected chi connectivity index (χ0v) is 10.2. The molecule has 0 aromatic heterocycles. The summed E-state index contributed by atoms with van der Waals surface area (Å²) in [5.74, 6) is 0.520. The van der Waals surface area contributed by atoms with E-state index in [0.717, 1.165) is 4.47 Å². The molecule has 0 unspecified atom stereocenters. The zero-order chi connectivity index (χ0) is 12.3. The van der Waals surface area contributed by atoms with Gasteiger partial charge in [-0.05, 0) is 30.3 Å². The van der Waals surface area contributed by atoms with Gasteiger partial charge in [0.2, 0.25) is 0 Å². The fraction of sp³-hybridized carbons (Fsp3) is 0. The van der Waals surface area contributed by atoms with Crippen LogP contribution in [0.5, 0.6) is 11.5 Å². The number of nitriles is 1. The molecule has 0 bridgehead atoms. The molecular weight excluding hydrogens is 285 g/mol. The van der Waals surface area contributed by atoms with E-state index in [2.05, 4.69) is 15.9 Å². The van der Waals surface area contributed by atoms with E-state index in [4.69, 9.17) is 10.00 Å². The number of hydrogen-bond donors (Lipinski definition) is 0. The average Bonchev–Trinajstić information content (AvgIpc) is 2.28. The molecule has 0 aliphatic heterocycles. The van der Waals surface area contributed by atoms with E-state index in [1.54, 1.807) is 30.3 Å². The Morgan fingerprint density at radius 1 is 1.12 bits per heavy atom. The third-order valence-corrected chi connectivity index (χ3v) is 2.49. The smallest absolute Gasteiger partial charge is 0.130 e. The highest BCUT2D eigenvalue weighted by Gasteiger charge is 2.02. The molecular formula is C13H7BrFNO. The van der Waals surface area contributed by atoms with Crippen molar-refractivity contribution in [1.82, 2.24) is 0 Å². The second kappa shape index (κ2) is 4.98. The Hall–Kier alpha value is -1.86. The molecule has 0 aliphatic rings. The van der Waals surface area contributed by atoms with Crippen molar-refractivity contribution in [3.05, 3.63) is 58.3 Å². The van der Waals surface area contributed by atoms with Crippen molar-refractivity contribution in [3.8, 4) is 17.6 Å². The SMILES string of the molecule is N#Cc1cc(Br)cc(Oc2cccc(F)c2)c1. The number of nitrogens with zero attached hydrogens (tertiary/aromatic N) is 1. The highest BCUT2D eigenvalue weighted by molar-refractivity contribution is 9.10. The number of rotatable bonds is 2. The largest absolute Gasteiger partial charge is 0.457 e. The summed E-state index contributed by atoms with van der Waals surface area (Å²) in [6.45, 7) is 0. The lowest BCUT2D eigenvalue weighted by molar-refractivity contribution is 0.476. The van der Waals surface area contributed by atoms with Crippen LogP contribution in [0.4, 0.5) is 4.39 Å². The number of hydrogen-bond acceptors (Lipinski definition) is 2. The Labute approximate surface area is 106 Å². The monoisotopic (exact) mass is 291 g/mol. The van der Waals surface area contributed by atoms with Gasteiger partial charge in [-0.15, -0.1) is 0 Å². The Morgan fingerprint density at radius 2 is 1.94 bits per heavy atom. The molecule has 17 heavy (non-hydrogen) atoms. The highest BCUT2D eigenvalue weighted by Crippen LogP contribution is 2.26. The summed E-state index contributed by atoms with van der Waals surface area (Å²) in [5.41, 5.74) is 0.478. The summed E-state index contributed by atoms with van der Waals surface area (Å²) >= 11 is 3.28. The van der Waals surface area contributed by atoms with Gasteiger partial charge in [-0.3, -0.25) is 0 Å². The van der Waals surface area contributed by atoms with E-state index < -0.39 is 0 Å². The van der Waals surface area contributed by atoms with E-state index in [9.17, 15) is 4.39 Å². The fourth-order valence-corrected chi connectivity index (χ4v) is 1.83. The molecule has 0 amide bonds. The Kier molecular flexibility index (Phi) is 3.40. The third kappa shape index (κ3) is 3.05. The third-order valence-electron chi connectivity index (χ3n) is 2.03. The molecule has 84 valence electrons. The van der Waals surface area contributed by atoms with Gasteiger partial charge in [0, 0.05) is 10.5 Å². The normalized spacial score (nSPS) is 9.71. The van der Waals surface area contributed by atoms with Crippen LogP contribution in [0.3, 0.4) is 0 Å². The van der Waals surface area contributed by atoms with E-state index in [-0.39, 0.29) is 5.82 Å². The summed E-state index contributed by atoms with van der Waals surface area (Å²) in [7, 11) is 0. The van der Waals surface area contributed by atoms with Crippen molar-refractivity contribution in [1.29, 1.82) is 5.26 Å². The summed E-state index contributed by atoms with van der Waals surface area (Å²) in [6.07, 6.45) is 0. The Morgan fingerprint density at radius 3 is 2.65 bits per heavy atom. The van der Waals surface area contributed by atoms with Crippen molar-refractivity contribution in [2.45, 2.75) is 0 Å². The topological polar surface area (TPSA) is 33.0 Å². The minimum atomic E-state index is -0.363. The number of benzene rings is 2. The molecule has 0 heterocycles. The van der Waals surface area contributed by atoms with Gasteiger partial charge in [-0.1, -0.05) is 22.0 Å². The van der Waals surface area contributed by atoms with Crippen LogP contribution in [-0.4, -0.2) is 0 Å². The maximum atomic E-state index is 13.0. The molecule has 0 fully saturated rings. The van der Waals surface area contributed by atoms with Crippen LogP contribution < -0.4 is 4.74 Å². The van der Waals surface area contributed by atoms with E-state index in [1.165, 1.54) is 12.1 Å². The van der Waals surface area contributed by atoms with Gasteiger partial charge in [0.1, 0.15) is 17.3 Å². The molecule has 2 rings (SSSR count). The second-order valence-corrected chi connectivity index (χ2v) is 4.26. The number of halogens is 2. The van der Waals surface area contributed by atoms with Crippen molar-refractivity contribution in [2.75, 3.05) is 0 Å². The van der Waals surface area contributed by atoms with Crippen molar-refractivity contribution >= 4 is 15.9 Å². The fourth-order valence-electron chi connectivity index (χ4n) is 1.35. The van der Waals surface area contributed by atoms with Crippen molar-refractivity contribution < 1.29 is 9.13 Å². The minimum absolute atomic E-state index is 0.363. The maximum Gasteiger partial charge on any atom is 0.130 e. The van der Waals surface area contributed by atoms with Crippen molar-refractivity contribution in [2.24, 2.45) is 0 Å². The molecule has 2 nitrogen and oxygen atoms in total. The molecule has 0 saturated carbocycles. The van der Waals surface area contributed by atoms with Gasteiger partial charge >= 0.3 is 0 Å². The standard InChI is InChI=1S/C13H7BrFNO/c14-10-4-9(8-16)5-13(6-10)17-12-3-1-2-11(15)7-12/h1-7H. The highest BCUT2D eigenvalue weighted by atomic mass is 79.9. The minimum Gasteiger partial charge on any atom is -0.457 e. The molecule has 0 atom stereocenters. The van der Waals surface area contributed by atoms with Crippen molar-refractivity contribution in [3.63, 3.8) is 0 Å². The van der Waals surface area contributed by atoms with Crippen LogP contribution >= 0.6 is 15.9 Å². The summed E-state index contributed by atoms with van der Waals surface area (Å²) in [5, 5.41) is 8.81. The predicted octanol–water partition coefficient (Wildman–Crippen LogP) is 4.25. The first-order valence-electron chi connectivity index (χ1n) is 4.81. The molecule has 0 radical (unpaired) electrons. The van der Waals surface area contributed by atoms with Crippen LogP contribution in [0.25, 0.3) is 0 Å². The van der Waals surface area contributed by atoms with Gasteiger partial charge < -0.3 is 4.74 Å². The van der Waals surface area contributed by atoms with Crippen LogP contribution in [0, 0.1) is 17.1 Å². The van der Waals surface area contributed by atoms with E-state index in [1.807, 2.05) is 6.07 Å². The van der Waals surface area contributed by atoms with Gasteiger partial charge in [0.15, 0.2) is 0 Å². The van der Waals surface area contributed by atoms with Crippen LogP contribution in [0.1, 0.15) is 5.56 Å². The van der Waals surface area contributed by atoms with Crippen LogP contribution in [0.15, 0.2) is 46.9 Å². The first kappa shape index (κ1) is 11.6. The van der Waals surface area contributed by atoms with Crippen LogP contribution in [-0.2, 0) is 0 Å². The van der Waals surface area contributed by atoms with Gasteiger partial charge in [0.25, 0.3) is 0 Å². The van der Waals surface area contributed by atoms with E-state index in [0.29, 0.717) is 17.1 Å². The Bertz CT molecular complexity index is 592. The molecule has 0 aliphatic carbocycles. The van der Waals surface area contributed by atoms with Gasteiger partial charge in [-0.2, -0.15) is 5.26 Å². The summed E-state index contributed by atoms with van der Waals surface area (Å²) in [4.78, 5) is 0. The zero-order valence-electron chi connectivity index (χ0n) is 8.65. The Balaban J connectivity index is 2.30.